The van der Waals surface area contributed by atoms with Gasteiger partial charge in [-0.15, -0.1) is 0 Å². The Morgan fingerprint density at radius 2 is 0.966 bits per heavy atom. The van der Waals surface area contributed by atoms with E-state index in [1.54, 1.807) is 0 Å². The van der Waals surface area contributed by atoms with E-state index in [0.29, 0.717) is 6.71 Å². The maximum Gasteiger partial charge on any atom is 0.241 e. The Kier molecular flexibility index (Phi) is 16.6. The highest BCUT2D eigenvalue weighted by Crippen LogP contribution is 2.36. The van der Waals surface area contributed by atoms with E-state index < -0.39 is 9.52 Å². The molecule has 7 aromatic rings. The summed E-state index contributed by atoms with van der Waals surface area (Å²) in [6, 6.07) is 60.4. The van der Waals surface area contributed by atoms with E-state index in [-0.39, 0.29) is 5.16 Å². The molecule has 6 heteroatoms. The Balaban J connectivity index is 0.000000247. The van der Waals surface area contributed by atoms with Crippen molar-refractivity contribution >= 4 is 37.8 Å². The SMILES string of the molecule is CCCCCCOc1cccc(C([SiH2]c2ccccc2)(c2cccc(OCCCCCC)c2)n2ccnc2)c1.c1ccc(B(c2ccccc2)c2ccccc2)cc1. The van der Waals surface area contributed by atoms with Crippen molar-refractivity contribution in [3.8, 4) is 11.5 Å². The Morgan fingerprint density at radius 3 is 1.38 bits per heavy atom. The standard InChI is InChI=1S/C34H44N2O2Si.C18H15B/c1-3-5-7-12-24-37-31-18-14-16-29(26-31)34(36-23-22-35-28-36,39-33-20-10-9-11-21-33)30-17-15-19-32(27-30)38-25-13-8-6-4-2;1-4-10-16(11-5-1)19(17-12-6-2-7-13-17)18-14-8-3-9-15-18/h9-11,14-23,26-28H,3-8,12-13,24-25,39H2,1-2H3;1-15H. The van der Waals surface area contributed by atoms with Crippen LogP contribution in [0.2, 0.25) is 0 Å². The van der Waals surface area contributed by atoms with Crippen LogP contribution in [0.25, 0.3) is 0 Å². The summed E-state index contributed by atoms with van der Waals surface area (Å²) in [4.78, 5) is 4.50. The number of hydrogen-bond acceptors (Lipinski definition) is 3. The number of unbranched alkanes of at least 4 members (excludes halogenated alkanes) is 6. The minimum Gasteiger partial charge on any atom is -0.494 e. The number of benzene rings is 6. The number of imidazole rings is 1. The second-order valence-corrected chi connectivity index (χ2v) is 17.2. The lowest BCUT2D eigenvalue weighted by atomic mass is 9.37. The van der Waals surface area contributed by atoms with Crippen LogP contribution in [0, 0.1) is 0 Å². The lowest BCUT2D eigenvalue weighted by Crippen LogP contribution is -2.51. The van der Waals surface area contributed by atoms with Gasteiger partial charge in [-0.1, -0.05) is 220 Å². The third kappa shape index (κ3) is 11.7. The van der Waals surface area contributed by atoms with Gasteiger partial charge < -0.3 is 14.0 Å². The Hall–Kier alpha value is -5.59. The van der Waals surface area contributed by atoms with Gasteiger partial charge >= 0.3 is 0 Å². The fourth-order valence-corrected chi connectivity index (χ4v) is 10.1. The quantitative estimate of drug-likeness (QED) is 0.0572. The first-order valence-corrected chi connectivity index (χ1v) is 22.8. The maximum atomic E-state index is 6.27. The van der Waals surface area contributed by atoms with Gasteiger partial charge in [0, 0.05) is 12.4 Å². The van der Waals surface area contributed by atoms with Crippen molar-refractivity contribution in [2.24, 2.45) is 0 Å². The van der Waals surface area contributed by atoms with E-state index in [4.69, 9.17) is 9.47 Å². The van der Waals surface area contributed by atoms with Crippen molar-refractivity contribution in [1.29, 1.82) is 0 Å². The van der Waals surface area contributed by atoms with Crippen molar-refractivity contribution in [2.75, 3.05) is 13.2 Å². The molecule has 1 heterocycles. The summed E-state index contributed by atoms with van der Waals surface area (Å²) in [5.74, 6) is 1.86. The van der Waals surface area contributed by atoms with E-state index in [0.717, 1.165) is 37.6 Å². The summed E-state index contributed by atoms with van der Waals surface area (Å²) in [5, 5.41) is 1.00. The lowest BCUT2D eigenvalue weighted by Gasteiger charge is -2.37. The van der Waals surface area contributed by atoms with E-state index in [1.165, 1.54) is 71.2 Å². The molecule has 0 fully saturated rings. The molecule has 0 aliphatic heterocycles. The second kappa shape index (κ2) is 23.0. The molecule has 0 spiro atoms. The first kappa shape index (κ1) is 42.0. The van der Waals surface area contributed by atoms with Crippen molar-refractivity contribution < 1.29 is 9.47 Å². The van der Waals surface area contributed by atoms with Crippen LogP contribution in [0.15, 0.2) is 189 Å². The molecule has 0 saturated carbocycles. The van der Waals surface area contributed by atoms with Gasteiger partial charge in [0.15, 0.2) is 0 Å². The van der Waals surface area contributed by atoms with Crippen LogP contribution < -0.4 is 31.0 Å². The highest BCUT2D eigenvalue weighted by atomic mass is 28.2. The topological polar surface area (TPSA) is 36.3 Å². The van der Waals surface area contributed by atoms with Crippen molar-refractivity contribution in [1.82, 2.24) is 9.55 Å². The predicted molar refractivity (Wildman–Crippen MR) is 249 cm³/mol. The molecule has 0 amide bonds. The molecular formula is C52H59BN2O2Si. The number of hydrogen-bond donors (Lipinski definition) is 0. The van der Waals surface area contributed by atoms with Crippen LogP contribution in [0.1, 0.15) is 76.3 Å². The zero-order valence-corrected chi connectivity index (χ0v) is 35.9. The first-order chi connectivity index (χ1) is 28.7. The number of nitrogens with zero attached hydrogens (tertiary/aromatic N) is 2. The van der Waals surface area contributed by atoms with Gasteiger partial charge in [-0.3, -0.25) is 0 Å². The number of ether oxygens (including phenoxy) is 2. The van der Waals surface area contributed by atoms with E-state index in [1.807, 2.05) is 12.5 Å². The van der Waals surface area contributed by atoms with Gasteiger partial charge in [0.1, 0.15) is 11.5 Å². The molecule has 0 aliphatic carbocycles. The van der Waals surface area contributed by atoms with Crippen LogP contribution >= 0.6 is 0 Å². The van der Waals surface area contributed by atoms with E-state index in [2.05, 4.69) is 199 Å². The monoisotopic (exact) mass is 782 g/mol. The summed E-state index contributed by atoms with van der Waals surface area (Å²) < 4.78 is 14.8. The van der Waals surface area contributed by atoms with Crippen LogP contribution in [0.3, 0.4) is 0 Å². The zero-order chi connectivity index (χ0) is 40.1. The van der Waals surface area contributed by atoms with Gasteiger partial charge in [-0.05, 0) is 48.2 Å². The predicted octanol–water partition coefficient (Wildman–Crippen LogP) is 9.25. The average molecular weight is 783 g/mol. The molecule has 1 aromatic heterocycles. The van der Waals surface area contributed by atoms with Gasteiger partial charge in [-0.2, -0.15) is 0 Å². The Labute approximate surface area is 350 Å². The van der Waals surface area contributed by atoms with Crippen molar-refractivity contribution in [2.45, 2.75) is 70.4 Å². The van der Waals surface area contributed by atoms with E-state index >= 15 is 0 Å². The van der Waals surface area contributed by atoms with Crippen LogP contribution in [-0.4, -0.2) is 39.0 Å². The Bertz CT molecular complexity index is 2000. The molecule has 0 aliphatic rings. The van der Waals surface area contributed by atoms with Gasteiger partial charge in [0.05, 0.1) is 34.2 Å². The van der Waals surface area contributed by atoms with Gasteiger partial charge in [0.2, 0.25) is 6.71 Å². The number of aromatic nitrogens is 2. The molecule has 0 bridgehead atoms. The van der Waals surface area contributed by atoms with Crippen molar-refractivity contribution in [3.05, 3.63) is 200 Å². The highest BCUT2D eigenvalue weighted by molar-refractivity contribution is 6.95. The largest absolute Gasteiger partial charge is 0.494 e. The summed E-state index contributed by atoms with van der Waals surface area (Å²) >= 11 is 0. The molecule has 6 aromatic carbocycles. The molecule has 296 valence electrons. The van der Waals surface area contributed by atoms with Crippen LogP contribution in [0.5, 0.6) is 11.5 Å². The molecule has 0 saturated heterocycles. The fourth-order valence-electron chi connectivity index (χ4n) is 7.77. The molecule has 4 nitrogen and oxygen atoms in total. The molecule has 7 rings (SSSR count). The molecule has 58 heavy (non-hydrogen) atoms. The highest BCUT2D eigenvalue weighted by Gasteiger charge is 2.37. The normalized spacial score (nSPS) is 11.2. The van der Waals surface area contributed by atoms with Crippen LogP contribution in [0.4, 0.5) is 0 Å². The molecular weight excluding hydrogens is 723 g/mol. The fraction of sp³-hybridized carbons (Fsp3) is 0.250. The third-order valence-corrected chi connectivity index (χ3v) is 13.4. The van der Waals surface area contributed by atoms with Gasteiger partial charge in [-0.25, -0.2) is 4.98 Å². The number of rotatable bonds is 20. The van der Waals surface area contributed by atoms with Crippen LogP contribution in [-0.2, 0) is 5.16 Å². The van der Waals surface area contributed by atoms with Gasteiger partial charge in [0.25, 0.3) is 0 Å². The molecule has 0 atom stereocenters. The Morgan fingerprint density at radius 1 is 0.517 bits per heavy atom. The first-order valence-electron chi connectivity index (χ1n) is 21.3. The molecule has 0 radical (unpaired) electrons. The molecule has 0 N–H and O–H groups in total. The zero-order valence-electron chi connectivity index (χ0n) is 34.5. The summed E-state index contributed by atoms with van der Waals surface area (Å²) in [5.41, 5.74) is 6.45. The minimum atomic E-state index is -0.951. The summed E-state index contributed by atoms with van der Waals surface area (Å²) in [6.45, 7) is 6.29. The average Bonchev–Trinajstić information content (AvgIpc) is 3.83. The summed E-state index contributed by atoms with van der Waals surface area (Å²) in [7, 11) is -0.951. The third-order valence-electron chi connectivity index (χ3n) is 10.8. The second-order valence-electron chi connectivity index (χ2n) is 15.0. The summed E-state index contributed by atoms with van der Waals surface area (Å²) in [6.07, 6.45) is 15.5. The molecule has 0 unspecified atom stereocenters. The lowest BCUT2D eigenvalue weighted by molar-refractivity contribution is 0.304. The minimum absolute atomic E-state index is 0.309. The van der Waals surface area contributed by atoms with Crippen molar-refractivity contribution in [3.63, 3.8) is 0 Å². The van der Waals surface area contributed by atoms with E-state index in [9.17, 15) is 0 Å². The maximum absolute atomic E-state index is 6.27. The smallest absolute Gasteiger partial charge is 0.241 e.